The number of anilines is 1. The number of aromatic nitrogens is 1. The molecule has 0 atom stereocenters. The maximum atomic E-state index is 12.0. The van der Waals surface area contributed by atoms with E-state index in [-0.39, 0.29) is 18.0 Å². The molecule has 3 amide bonds. The van der Waals surface area contributed by atoms with Crippen LogP contribution in [-0.2, 0) is 4.79 Å². The van der Waals surface area contributed by atoms with Crippen LogP contribution in [0, 0.1) is 6.92 Å². The third-order valence-corrected chi connectivity index (χ3v) is 5.69. The Kier molecular flexibility index (Phi) is 3.26. The van der Waals surface area contributed by atoms with Crippen LogP contribution in [-0.4, -0.2) is 28.5 Å². The van der Waals surface area contributed by atoms with Crippen molar-refractivity contribution in [2.24, 2.45) is 0 Å². The predicted molar refractivity (Wildman–Crippen MR) is 89.6 cm³/mol. The molecule has 2 fully saturated rings. The molecule has 0 bridgehead atoms. The summed E-state index contributed by atoms with van der Waals surface area (Å²) in [5.74, 6) is -0.184. The summed E-state index contributed by atoms with van der Waals surface area (Å²) < 4.78 is 1.17. The van der Waals surface area contributed by atoms with E-state index in [4.69, 9.17) is 0 Å². The van der Waals surface area contributed by atoms with Gasteiger partial charge < -0.3 is 10.6 Å². The Bertz CT molecular complexity index is 792. The van der Waals surface area contributed by atoms with Crippen molar-refractivity contribution in [3.8, 4) is 0 Å². The zero-order chi connectivity index (χ0) is 16.0. The molecule has 3 N–H and O–H groups in total. The lowest BCUT2D eigenvalue weighted by atomic mass is 9.79. The van der Waals surface area contributed by atoms with Gasteiger partial charge in [0.25, 0.3) is 5.91 Å². The molecule has 2 heterocycles. The molecule has 1 aromatic heterocycles. The first-order valence-corrected chi connectivity index (χ1v) is 8.63. The molecule has 6 nitrogen and oxygen atoms in total. The summed E-state index contributed by atoms with van der Waals surface area (Å²) in [6, 6.07) is 6.19. The van der Waals surface area contributed by atoms with Gasteiger partial charge in [-0.25, -0.2) is 9.78 Å². The second kappa shape index (κ2) is 5.19. The first kappa shape index (κ1) is 14.4. The molecular formula is C16H18N4O2S. The summed E-state index contributed by atoms with van der Waals surface area (Å²) in [4.78, 5) is 28.0. The second-order valence-corrected chi connectivity index (χ2v) is 7.43. The number of benzene rings is 1. The number of urea groups is 1. The maximum Gasteiger partial charge on any atom is 0.322 e. The Labute approximate surface area is 137 Å². The fourth-order valence-electron chi connectivity index (χ4n) is 3.41. The number of nitrogens with zero attached hydrogens (tertiary/aromatic N) is 1. The number of nitrogens with one attached hydrogen (secondary N) is 3. The van der Waals surface area contributed by atoms with Crippen LogP contribution in [0.4, 0.5) is 9.93 Å². The first-order chi connectivity index (χ1) is 11.0. The smallest absolute Gasteiger partial charge is 0.322 e. The highest BCUT2D eigenvalue weighted by Gasteiger charge is 2.48. The number of hydrogen-bond acceptors (Lipinski definition) is 5. The number of hydrogen-bond donors (Lipinski definition) is 3. The van der Waals surface area contributed by atoms with Gasteiger partial charge >= 0.3 is 6.03 Å². The molecule has 1 aromatic carbocycles. The van der Waals surface area contributed by atoms with E-state index in [2.05, 4.69) is 46.1 Å². The molecule has 2 aromatic rings. The van der Waals surface area contributed by atoms with Crippen molar-refractivity contribution in [2.75, 3.05) is 5.32 Å². The number of carbonyl (C=O) groups is 2. The SMILES string of the molecule is Cc1ccc2sc(NC3CCC4(CC3)NC(=O)NC4=O)nc2c1. The van der Waals surface area contributed by atoms with Gasteiger partial charge in [0.05, 0.1) is 10.2 Å². The van der Waals surface area contributed by atoms with Crippen LogP contribution in [0.15, 0.2) is 18.2 Å². The third-order valence-electron chi connectivity index (χ3n) is 4.72. The number of amides is 3. The van der Waals surface area contributed by atoms with Crippen molar-refractivity contribution in [1.29, 1.82) is 0 Å². The van der Waals surface area contributed by atoms with E-state index in [0.29, 0.717) is 12.8 Å². The molecule has 23 heavy (non-hydrogen) atoms. The van der Waals surface area contributed by atoms with Gasteiger partial charge in [0, 0.05) is 6.04 Å². The van der Waals surface area contributed by atoms with E-state index in [1.54, 1.807) is 11.3 Å². The Morgan fingerprint density at radius 3 is 2.78 bits per heavy atom. The van der Waals surface area contributed by atoms with Crippen LogP contribution in [0.3, 0.4) is 0 Å². The highest BCUT2D eigenvalue weighted by molar-refractivity contribution is 7.22. The van der Waals surface area contributed by atoms with Crippen LogP contribution in [0.1, 0.15) is 31.2 Å². The van der Waals surface area contributed by atoms with Crippen LogP contribution in [0.5, 0.6) is 0 Å². The number of fused-ring (bicyclic) bond motifs is 1. The first-order valence-electron chi connectivity index (χ1n) is 7.81. The van der Waals surface area contributed by atoms with Gasteiger partial charge in [0.2, 0.25) is 0 Å². The largest absolute Gasteiger partial charge is 0.359 e. The van der Waals surface area contributed by atoms with Crippen LogP contribution in [0.25, 0.3) is 10.2 Å². The van der Waals surface area contributed by atoms with Crippen molar-refractivity contribution in [2.45, 2.75) is 44.2 Å². The molecule has 1 spiro atoms. The average Bonchev–Trinajstić information content (AvgIpc) is 3.02. The second-order valence-electron chi connectivity index (χ2n) is 6.40. The number of rotatable bonds is 2. The van der Waals surface area contributed by atoms with Crippen molar-refractivity contribution in [3.05, 3.63) is 23.8 Å². The molecule has 0 unspecified atom stereocenters. The molecule has 1 saturated heterocycles. The van der Waals surface area contributed by atoms with Gasteiger partial charge in [-0.15, -0.1) is 0 Å². The molecule has 1 aliphatic carbocycles. The van der Waals surface area contributed by atoms with E-state index >= 15 is 0 Å². The van der Waals surface area contributed by atoms with Crippen molar-refractivity contribution in [1.82, 2.24) is 15.6 Å². The summed E-state index contributed by atoms with van der Waals surface area (Å²) in [7, 11) is 0. The molecule has 1 saturated carbocycles. The van der Waals surface area contributed by atoms with Crippen LogP contribution >= 0.6 is 11.3 Å². The van der Waals surface area contributed by atoms with Gasteiger partial charge in [0.1, 0.15) is 5.54 Å². The Hall–Kier alpha value is -2.15. The van der Waals surface area contributed by atoms with Crippen LogP contribution < -0.4 is 16.0 Å². The molecule has 1 aliphatic heterocycles. The van der Waals surface area contributed by atoms with E-state index < -0.39 is 5.54 Å². The molecule has 0 radical (unpaired) electrons. The third kappa shape index (κ3) is 2.55. The fraction of sp³-hybridized carbons (Fsp3) is 0.438. The van der Waals surface area contributed by atoms with Crippen molar-refractivity contribution < 1.29 is 9.59 Å². The van der Waals surface area contributed by atoms with Gasteiger partial charge in [-0.05, 0) is 50.3 Å². The van der Waals surface area contributed by atoms with E-state index in [0.717, 1.165) is 23.5 Å². The topological polar surface area (TPSA) is 83.1 Å². The minimum atomic E-state index is -0.694. The van der Waals surface area contributed by atoms with Gasteiger partial charge in [0.15, 0.2) is 5.13 Å². The lowest BCUT2D eigenvalue weighted by Crippen LogP contribution is -2.51. The lowest BCUT2D eigenvalue weighted by molar-refractivity contribution is -0.125. The van der Waals surface area contributed by atoms with Gasteiger partial charge in [-0.3, -0.25) is 10.1 Å². The van der Waals surface area contributed by atoms with Crippen LogP contribution in [0.2, 0.25) is 0 Å². The van der Waals surface area contributed by atoms with Crippen molar-refractivity contribution in [3.63, 3.8) is 0 Å². The molecular weight excluding hydrogens is 312 g/mol. The summed E-state index contributed by atoms with van der Waals surface area (Å²) in [5, 5.41) is 9.54. The maximum absolute atomic E-state index is 12.0. The monoisotopic (exact) mass is 330 g/mol. The van der Waals surface area contributed by atoms with E-state index in [1.165, 1.54) is 10.3 Å². The average molecular weight is 330 g/mol. The summed E-state index contributed by atoms with van der Waals surface area (Å²) in [5.41, 5.74) is 1.53. The zero-order valence-electron chi connectivity index (χ0n) is 12.8. The van der Waals surface area contributed by atoms with Crippen molar-refractivity contribution >= 4 is 38.6 Å². The standard InChI is InChI=1S/C16H18N4O2S/c1-9-2-3-12-11(8-9)18-15(23-12)17-10-4-6-16(7-5-10)13(21)19-14(22)20-16/h2-3,8,10H,4-7H2,1H3,(H,17,18)(H2,19,20,21,22). The quantitative estimate of drug-likeness (QED) is 0.739. The summed E-state index contributed by atoms with van der Waals surface area (Å²) >= 11 is 1.65. The Morgan fingerprint density at radius 1 is 1.30 bits per heavy atom. The van der Waals surface area contributed by atoms with Gasteiger partial charge in [-0.2, -0.15) is 0 Å². The summed E-state index contributed by atoms with van der Waals surface area (Å²) in [6.45, 7) is 2.06. The Balaban J connectivity index is 1.44. The highest BCUT2D eigenvalue weighted by atomic mass is 32.1. The molecule has 120 valence electrons. The number of aryl methyl sites for hydroxylation is 1. The van der Waals surface area contributed by atoms with E-state index in [9.17, 15) is 9.59 Å². The Morgan fingerprint density at radius 2 is 2.09 bits per heavy atom. The number of thiazole rings is 1. The van der Waals surface area contributed by atoms with Gasteiger partial charge in [-0.1, -0.05) is 17.4 Å². The zero-order valence-corrected chi connectivity index (χ0v) is 13.6. The minimum absolute atomic E-state index is 0.184. The molecule has 4 rings (SSSR count). The molecule has 2 aliphatic rings. The number of carbonyl (C=O) groups excluding carboxylic acids is 2. The molecule has 7 heteroatoms. The lowest BCUT2D eigenvalue weighted by Gasteiger charge is -2.34. The predicted octanol–water partition coefficient (Wildman–Crippen LogP) is 2.54. The minimum Gasteiger partial charge on any atom is -0.359 e. The van der Waals surface area contributed by atoms with E-state index in [1.807, 2.05) is 0 Å². The highest BCUT2D eigenvalue weighted by Crippen LogP contribution is 2.34. The normalized spacial score (nSPS) is 27.3. The summed E-state index contributed by atoms with van der Waals surface area (Å²) in [6.07, 6.45) is 2.99. The fourth-order valence-corrected chi connectivity index (χ4v) is 4.33. The number of imide groups is 1.